The zero-order chi connectivity index (χ0) is 18.8. The van der Waals surface area contributed by atoms with E-state index in [1.165, 1.54) is 0 Å². The molecule has 0 radical (unpaired) electrons. The number of nitrogens with zero attached hydrogens (tertiary/aromatic N) is 1. The van der Waals surface area contributed by atoms with Crippen LogP contribution in [-0.2, 0) is 0 Å². The Morgan fingerprint density at radius 2 is 1.96 bits per heavy atom. The van der Waals surface area contributed by atoms with E-state index in [4.69, 9.17) is 21.1 Å². The van der Waals surface area contributed by atoms with Crippen LogP contribution in [0.4, 0.5) is 0 Å². The zero-order valence-electron chi connectivity index (χ0n) is 15.0. The van der Waals surface area contributed by atoms with Crippen molar-refractivity contribution in [1.29, 1.82) is 0 Å². The first-order valence-corrected chi connectivity index (χ1v) is 9.01. The highest BCUT2D eigenvalue weighted by molar-refractivity contribution is 6.33. The molecular formula is C20H23ClN2O3. The number of hydrogen-bond donors (Lipinski definition) is 1. The number of nitrogens with one attached hydrogen (secondary N) is 1. The molecule has 138 valence electrons. The lowest BCUT2D eigenvalue weighted by Gasteiger charge is -2.12. The number of ether oxygens (including phenoxy) is 2. The van der Waals surface area contributed by atoms with E-state index in [1.807, 2.05) is 25.1 Å². The van der Waals surface area contributed by atoms with E-state index in [2.05, 4.69) is 17.5 Å². The van der Waals surface area contributed by atoms with E-state index < -0.39 is 0 Å². The Kier molecular flexibility index (Phi) is 7.96. The predicted molar refractivity (Wildman–Crippen MR) is 105 cm³/mol. The Labute approximate surface area is 159 Å². The number of rotatable bonds is 9. The topological polar surface area (TPSA) is 59.9 Å². The second-order valence-corrected chi connectivity index (χ2v) is 5.93. The fourth-order valence-electron chi connectivity index (χ4n) is 2.19. The van der Waals surface area contributed by atoms with Gasteiger partial charge >= 0.3 is 0 Å². The maximum absolute atomic E-state index is 12.1. The molecule has 0 aliphatic carbocycles. The molecule has 2 aromatic carbocycles. The lowest BCUT2D eigenvalue weighted by Crippen LogP contribution is -2.17. The van der Waals surface area contributed by atoms with Crippen molar-refractivity contribution in [1.82, 2.24) is 5.43 Å². The van der Waals surface area contributed by atoms with Gasteiger partial charge in [0.15, 0.2) is 11.5 Å². The largest absolute Gasteiger partial charge is 0.490 e. The quantitative estimate of drug-likeness (QED) is 0.394. The van der Waals surface area contributed by atoms with Crippen molar-refractivity contribution in [2.45, 2.75) is 26.7 Å². The van der Waals surface area contributed by atoms with Gasteiger partial charge in [0.1, 0.15) is 0 Å². The molecule has 0 atom stereocenters. The van der Waals surface area contributed by atoms with Gasteiger partial charge in [0.2, 0.25) is 0 Å². The van der Waals surface area contributed by atoms with Crippen LogP contribution in [0.15, 0.2) is 47.6 Å². The molecule has 5 nitrogen and oxygen atoms in total. The van der Waals surface area contributed by atoms with Gasteiger partial charge in [-0.3, -0.25) is 4.79 Å². The minimum Gasteiger partial charge on any atom is -0.490 e. The third-order valence-electron chi connectivity index (χ3n) is 3.52. The van der Waals surface area contributed by atoms with Gasteiger partial charge in [-0.2, -0.15) is 5.10 Å². The van der Waals surface area contributed by atoms with E-state index in [1.54, 1.807) is 30.5 Å². The number of hydrazone groups is 1. The normalized spacial score (nSPS) is 10.7. The van der Waals surface area contributed by atoms with E-state index in [0.29, 0.717) is 35.3 Å². The summed E-state index contributed by atoms with van der Waals surface area (Å²) < 4.78 is 11.4. The molecule has 26 heavy (non-hydrogen) atoms. The fraction of sp³-hybridized carbons (Fsp3) is 0.300. The lowest BCUT2D eigenvalue weighted by molar-refractivity contribution is 0.0955. The molecule has 0 bridgehead atoms. The molecule has 0 fully saturated rings. The van der Waals surface area contributed by atoms with Crippen molar-refractivity contribution in [2.75, 3.05) is 13.2 Å². The molecular weight excluding hydrogens is 352 g/mol. The van der Waals surface area contributed by atoms with Crippen LogP contribution >= 0.6 is 11.6 Å². The van der Waals surface area contributed by atoms with E-state index in [9.17, 15) is 4.79 Å². The van der Waals surface area contributed by atoms with Crippen molar-refractivity contribution in [3.8, 4) is 11.5 Å². The highest BCUT2D eigenvalue weighted by Gasteiger charge is 2.08. The highest BCUT2D eigenvalue weighted by Crippen LogP contribution is 2.28. The van der Waals surface area contributed by atoms with Gasteiger partial charge in [-0.1, -0.05) is 37.1 Å². The summed E-state index contributed by atoms with van der Waals surface area (Å²) in [4.78, 5) is 12.1. The number of halogens is 1. The third-order valence-corrected chi connectivity index (χ3v) is 3.85. The van der Waals surface area contributed by atoms with Crippen LogP contribution in [0, 0.1) is 0 Å². The first kappa shape index (κ1) is 19.8. The molecule has 2 rings (SSSR count). The number of unbranched alkanes of at least 4 members (excludes halogenated alkanes) is 1. The van der Waals surface area contributed by atoms with Crippen molar-refractivity contribution in [2.24, 2.45) is 5.10 Å². The van der Waals surface area contributed by atoms with Gasteiger partial charge in [-0.15, -0.1) is 0 Å². The molecule has 0 saturated heterocycles. The molecule has 0 aliphatic rings. The number of amides is 1. The van der Waals surface area contributed by atoms with Crippen LogP contribution in [0.3, 0.4) is 0 Å². The standard InChI is InChI=1S/C20H23ClN2O3/c1-3-5-12-26-18-11-10-15(13-19(18)25-4-2)14-22-23-20(24)16-8-6-7-9-17(16)21/h6-11,13-14H,3-5,12H2,1-2H3,(H,23,24)/b22-14-. The molecule has 6 heteroatoms. The average molecular weight is 375 g/mol. The monoisotopic (exact) mass is 374 g/mol. The minimum absolute atomic E-state index is 0.364. The van der Waals surface area contributed by atoms with Crippen LogP contribution in [0.5, 0.6) is 11.5 Å². The van der Waals surface area contributed by atoms with Crippen LogP contribution in [0.25, 0.3) is 0 Å². The summed E-state index contributed by atoms with van der Waals surface area (Å²) in [6.45, 7) is 5.22. The van der Waals surface area contributed by atoms with E-state index >= 15 is 0 Å². The van der Waals surface area contributed by atoms with Gasteiger partial charge in [-0.05, 0) is 49.2 Å². The first-order valence-electron chi connectivity index (χ1n) is 8.63. The SMILES string of the molecule is CCCCOc1ccc(/C=N\NC(=O)c2ccccc2Cl)cc1OCC. The molecule has 0 aliphatic heterocycles. The molecule has 0 aromatic heterocycles. The Bertz CT molecular complexity index is 762. The van der Waals surface area contributed by atoms with Crippen LogP contribution in [0.1, 0.15) is 42.6 Å². The van der Waals surface area contributed by atoms with Gasteiger partial charge in [0.05, 0.1) is 30.0 Å². The summed E-state index contributed by atoms with van der Waals surface area (Å²) in [6.07, 6.45) is 3.61. The van der Waals surface area contributed by atoms with Crippen LogP contribution in [-0.4, -0.2) is 25.3 Å². The predicted octanol–water partition coefficient (Wildman–Crippen LogP) is 4.68. The van der Waals surface area contributed by atoms with Gasteiger partial charge in [0.25, 0.3) is 5.91 Å². The fourth-order valence-corrected chi connectivity index (χ4v) is 2.41. The molecule has 0 unspecified atom stereocenters. The second kappa shape index (κ2) is 10.5. The number of carbonyl (C=O) groups excluding carboxylic acids is 1. The summed E-state index contributed by atoms with van der Waals surface area (Å²) in [5.74, 6) is 0.999. The summed E-state index contributed by atoms with van der Waals surface area (Å²) in [5.41, 5.74) is 3.63. The first-order chi connectivity index (χ1) is 12.7. The Morgan fingerprint density at radius 1 is 1.15 bits per heavy atom. The lowest BCUT2D eigenvalue weighted by atomic mass is 10.2. The summed E-state index contributed by atoms with van der Waals surface area (Å²) in [6, 6.07) is 12.3. The molecule has 2 aromatic rings. The second-order valence-electron chi connectivity index (χ2n) is 5.52. The Hall–Kier alpha value is -2.53. The zero-order valence-corrected chi connectivity index (χ0v) is 15.8. The molecule has 0 spiro atoms. The minimum atomic E-state index is -0.364. The number of hydrogen-bond acceptors (Lipinski definition) is 4. The number of benzene rings is 2. The summed E-state index contributed by atoms with van der Waals surface area (Å²) >= 11 is 6.00. The number of carbonyl (C=O) groups is 1. The molecule has 1 N–H and O–H groups in total. The maximum Gasteiger partial charge on any atom is 0.272 e. The Balaban J connectivity index is 2.04. The molecule has 0 saturated carbocycles. The molecule has 1 amide bonds. The van der Waals surface area contributed by atoms with Gasteiger partial charge < -0.3 is 9.47 Å². The summed E-state index contributed by atoms with van der Waals surface area (Å²) in [7, 11) is 0. The van der Waals surface area contributed by atoms with Crippen molar-refractivity contribution in [3.63, 3.8) is 0 Å². The van der Waals surface area contributed by atoms with Crippen molar-refractivity contribution in [3.05, 3.63) is 58.6 Å². The van der Waals surface area contributed by atoms with Crippen LogP contribution < -0.4 is 14.9 Å². The van der Waals surface area contributed by atoms with E-state index in [0.717, 1.165) is 18.4 Å². The average Bonchev–Trinajstić information content (AvgIpc) is 2.64. The van der Waals surface area contributed by atoms with Gasteiger partial charge in [-0.25, -0.2) is 5.43 Å². The van der Waals surface area contributed by atoms with E-state index in [-0.39, 0.29) is 5.91 Å². The molecule has 0 heterocycles. The van der Waals surface area contributed by atoms with Gasteiger partial charge in [0, 0.05) is 0 Å². The Morgan fingerprint density at radius 3 is 2.69 bits per heavy atom. The van der Waals surface area contributed by atoms with Crippen molar-refractivity contribution < 1.29 is 14.3 Å². The maximum atomic E-state index is 12.1. The highest BCUT2D eigenvalue weighted by atomic mass is 35.5. The third kappa shape index (κ3) is 5.77. The summed E-state index contributed by atoms with van der Waals surface area (Å²) in [5, 5.41) is 4.37. The smallest absolute Gasteiger partial charge is 0.272 e. The van der Waals surface area contributed by atoms with Crippen LogP contribution in [0.2, 0.25) is 5.02 Å². The van der Waals surface area contributed by atoms with Crippen molar-refractivity contribution >= 4 is 23.7 Å².